The Morgan fingerprint density at radius 3 is 2.62 bits per heavy atom. The quantitative estimate of drug-likeness (QED) is 0.247. The molecule has 8 rings (SSSR count). The number of aromatic nitrogens is 1. The Morgan fingerprint density at radius 2 is 1.77 bits per heavy atom. The second kappa shape index (κ2) is 17.1. The van der Waals surface area contributed by atoms with Crippen molar-refractivity contribution in [2.45, 2.75) is 121 Å². The zero-order valence-electron chi connectivity index (χ0n) is 32.6. The second-order valence-corrected chi connectivity index (χ2v) is 17.1. The number of ether oxygens (including phenoxy) is 3. The molecule has 0 spiro atoms. The largest absolute Gasteiger partial charge is 0.491 e. The lowest BCUT2D eigenvalue weighted by Crippen LogP contribution is -2.45. The van der Waals surface area contributed by atoms with Gasteiger partial charge < -0.3 is 24.2 Å². The van der Waals surface area contributed by atoms with Gasteiger partial charge in [-0.25, -0.2) is 4.98 Å². The molecule has 0 radical (unpaired) electrons. The van der Waals surface area contributed by atoms with Gasteiger partial charge in [0.2, 0.25) is 11.8 Å². The average Bonchev–Trinajstić information content (AvgIpc) is 4.06. The van der Waals surface area contributed by atoms with Crippen LogP contribution in [0.1, 0.15) is 108 Å². The maximum absolute atomic E-state index is 14.7. The molecule has 56 heavy (non-hydrogen) atoms. The van der Waals surface area contributed by atoms with Crippen LogP contribution in [-0.2, 0) is 23.9 Å². The van der Waals surface area contributed by atoms with Gasteiger partial charge in [0.25, 0.3) is 0 Å². The van der Waals surface area contributed by atoms with Gasteiger partial charge in [-0.05, 0) is 107 Å². The maximum Gasteiger partial charge on any atom is 0.310 e. The number of Topliss-reactive ketones (excluding diaryl/α,β-unsaturated/α-hetero) is 1. The fourth-order valence-corrected chi connectivity index (χ4v) is 9.58. The minimum atomic E-state index is -1.17. The van der Waals surface area contributed by atoms with Gasteiger partial charge in [0.15, 0.2) is 5.78 Å². The van der Waals surface area contributed by atoms with E-state index in [-0.39, 0.29) is 55.5 Å². The van der Waals surface area contributed by atoms with Gasteiger partial charge in [0, 0.05) is 30.7 Å². The topological polar surface area (TPSA) is 136 Å². The SMILES string of the molecule is O=C1C[C@H]2CCCCC/C=C\[C@@H]3C[C@@]3(C(=O)O)CC(=O)[C@@H]3C[C@H](CN3C2=O)Oc2nc3ccccc3c(OCCN3CCCCC3)c2/C=C/CCC[C@@H]2C[C@H]2O1. The molecule has 300 valence electrons. The van der Waals surface area contributed by atoms with E-state index in [0.717, 1.165) is 87.5 Å². The predicted octanol–water partition coefficient (Wildman–Crippen LogP) is 7.15. The lowest BCUT2D eigenvalue weighted by Gasteiger charge is -2.28. The van der Waals surface area contributed by atoms with E-state index in [9.17, 15) is 24.3 Å². The highest BCUT2D eigenvalue weighted by atomic mass is 16.5. The number of nitrogens with zero attached hydrogens (tertiary/aromatic N) is 3. The van der Waals surface area contributed by atoms with Crippen LogP contribution in [0.15, 0.2) is 42.5 Å². The summed E-state index contributed by atoms with van der Waals surface area (Å²) in [7, 11) is 0. The van der Waals surface area contributed by atoms with E-state index < -0.39 is 29.4 Å². The molecule has 3 bridgehead atoms. The van der Waals surface area contributed by atoms with Crippen molar-refractivity contribution in [2.24, 2.45) is 23.2 Å². The first kappa shape index (κ1) is 38.6. The molecule has 1 aromatic carbocycles. The van der Waals surface area contributed by atoms with Gasteiger partial charge in [-0.2, -0.15) is 0 Å². The number of carbonyl (C=O) groups excluding carboxylic acids is 3. The summed E-state index contributed by atoms with van der Waals surface area (Å²) < 4.78 is 19.4. The highest BCUT2D eigenvalue weighted by Crippen LogP contribution is 2.57. The number of benzene rings is 1. The second-order valence-electron chi connectivity index (χ2n) is 17.1. The number of carbonyl (C=O) groups is 4. The number of likely N-dealkylation sites (tertiary alicyclic amines) is 1. The number of aliphatic carboxylic acids is 1. The van der Waals surface area contributed by atoms with Crippen molar-refractivity contribution in [3.05, 3.63) is 48.1 Å². The van der Waals surface area contributed by atoms with Crippen molar-refractivity contribution in [2.75, 3.05) is 32.8 Å². The summed E-state index contributed by atoms with van der Waals surface area (Å²) >= 11 is 0. The molecule has 5 heterocycles. The number of rotatable bonds is 5. The van der Waals surface area contributed by atoms with Gasteiger partial charge in [-0.3, -0.25) is 24.1 Å². The fourth-order valence-electron chi connectivity index (χ4n) is 9.58. The molecule has 11 heteroatoms. The molecular weight excluding hydrogens is 711 g/mol. The molecule has 7 atom stereocenters. The number of ketones is 1. The Labute approximate surface area is 329 Å². The van der Waals surface area contributed by atoms with Gasteiger partial charge in [-0.1, -0.05) is 49.6 Å². The zero-order valence-corrected chi connectivity index (χ0v) is 32.6. The first-order valence-electron chi connectivity index (χ1n) is 21.3. The van der Waals surface area contributed by atoms with Gasteiger partial charge in [-0.15, -0.1) is 0 Å². The average molecular weight is 768 g/mol. The number of amides is 1. The molecule has 1 N–H and O–H groups in total. The Morgan fingerprint density at radius 1 is 0.946 bits per heavy atom. The number of piperidine rings is 1. The Hall–Kier alpha value is -4.25. The number of hydrogen-bond donors (Lipinski definition) is 1. The third-order valence-corrected chi connectivity index (χ3v) is 13.1. The monoisotopic (exact) mass is 767 g/mol. The minimum absolute atomic E-state index is 0.0384. The first-order valence-corrected chi connectivity index (χ1v) is 21.3. The predicted molar refractivity (Wildman–Crippen MR) is 211 cm³/mol. The number of carboxylic acid groups (broad SMARTS) is 1. The lowest BCUT2D eigenvalue weighted by molar-refractivity contribution is -0.152. The van der Waals surface area contributed by atoms with E-state index in [4.69, 9.17) is 19.2 Å². The van der Waals surface area contributed by atoms with Crippen LogP contribution >= 0.6 is 0 Å². The number of esters is 1. The van der Waals surface area contributed by atoms with Crippen molar-refractivity contribution in [3.8, 4) is 11.6 Å². The summed E-state index contributed by atoms with van der Waals surface area (Å²) in [5.41, 5.74) is 0.291. The van der Waals surface area contributed by atoms with Crippen molar-refractivity contribution >= 4 is 40.6 Å². The van der Waals surface area contributed by atoms with Gasteiger partial charge in [0.05, 0.1) is 35.5 Å². The molecular formula is C45H57N3O8. The van der Waals surface area contributed by atoms with Crippen LogP contribution in [0.2, 0.25) is 0 Å². The summed E-state index contributed by atoms with van der Waals surface area (Å²) in [6.45, 7) is 3.61. The van der Waals surface area contributed by atoms with Crippen LogP contribution in [0.4, 0.5) is 0 Å². The maximum atomic E-state index is 14.7. The summed E-state index contributed by atoms with van der Waals surface area (Å²) in [5.74, 6) is -1.34. The van der Waals surface area contributed by atoms with E-state index in [2.05, 4.69) is 11.0 Å². The van der Waals surface area contributed by atoms with Crippen LogP contribution in [0.5, 0.6) is 11.6 Å². The van der Waals surface area contributed by atoms with Gasteiger partial charge >= 0.3 is 11.9 Å². The summed E-state index contributed by atoms with van der Waals surface area (Å²) in [4.78, 5) is 64.1. The van der Waals surface area contributed by atoms with E-state index >= 15 is 0 Å². The Kier molecular flexibility index (Phi) is 11.8. The highest BCUT2D eigenvalue weighted by Gasteiger charge is 2.61. The third-order valence-electron chi connectivity index (χ3n) is 13.1. The van der Waals surface area contributed by atoms with E-state index in [1.54, 1.807) is 4.90 Å². The fraction of sp³-hybridized carbons (Fsp3) is 0.622. The van der Waals surface area contributed by atoms with Crippen molar-refractivity contribution < 1.29 is 38.5 Å². The molecule has 4 fully saturated rings. The van der Waals surface area contributed by atoms with E-state index in [0.29, 0.717) is 37.0 Å². The molecule has 4 aliphatic heterocycles. The van der Waals surface area contributed by atoms with E-state index in [1.807, 2.05) is 42.5 Å². The number of para-hydroxylation sites is 1. The Balaban J connectivity index is 1.14. The molecule has 1 amide bonds. The molecule has 2 aromatic rings. The highest BCUT2D eigenvalue weighted by molar-refractivity contribution is 5.95. The number of fused-ring (bicyclic) bond motifs is 6. The standard InChI is InChI=1S/C45H57N3O8/c49-38-28-45(44(52)53)27-32(45)16-8-3-1-2-6-15-31-25-40(50)56-39-24-30(39)14-7-4-9-18-35-41(54-23-22-47-20-12-5-13-21-47)34-17-10-11-19-36(34)46-42(35)55-33-26-37(38)48(29-33)43(31)51/h8-11,16-19,30-33,37,39H,1-7,12-15,20-29H2,(H,52,53)/b16-8-,18-9+/t30-,31-,32-,33-,37+,39-,45-/m1/s1. The molecule has 2 aliphatic carbocycles. The van der Waals surface area contributed by atoms with Crippen LogP contribution < -0.4 is 9.47 Å². The Bertz CT molecular complexity index is 1850. The first-order chi connectivity index (χ1) is 27.3. The van der Waals surface area contributed by atoms with Crippen molar-refractivity contribution in [1.82, 2.24) is 14.8 Å². The van der Waals surface area contributed by atoms with E-state index in [1.165, 1.54) is 19.3 Å². The number of pyridine rings is 1. The molecule has 2 saturated carbocycles. The van der Waals surface area contributed by atoms with Crippen LogP contribution in [0, 0.1) is 23.2 Å². The minimum Gasteiger partial charge on any atom is -0.491 e. The molecule has 6 aliphatic rings. The van der Waals surface area contributed by atoms with Crippen molar-refractivity contribution in [3.63, 3.8) is 0 Å². The van der Waals surface area contributed by atoms with Crippen LogP contribution in [0.25, 0.3) is 17.0 Å². The third kappa shape index (κ3) is 8.67. The van der Waals surface area contributed by atoms with Crippen molar-refractivity contribution in [1.29, 1.82) is 0 Å². The van der Waals surface area contributed by atoms with Crippen LogP contribution in [-0.4, -0.2) is 94.6 Å². The normalized spacial score (nSPS) is 32.9. The smallest absolute Gasteiger partial charge is 0.310 e. The summed E-state index contributed by atoms with van der Waals surface area (Å²) in [6.07, 6.45) is 18.9. The molecule has 2 saturated heterocycles. The summed E-state index contributed by atoms with van der Waals surface area (Å²) in [6, 6.07) is 7.01. The number of hydrogen-bond acceptors (Lipinski definition) is 9. The summed E-state index contributed by atoms with van der Waals surface area (Å²) in [5, 5.41) is 11.3. The molecule has 0 unspecified atom stereocenters. The molecule has 1 aromatic heterocycles. The van der Waals surface area contributed by atoms with Crippen LogP contribution in [0.3, 0.4) is 0 Å². The van der Waals surface area contributed by atoms with Gasteiger partial charge in [0.1, 0.15) is 24.6 Å². The molecule has 11 nitrogen and oxygen atoms in total. The number of carboxylic acids is 1. The number of allylic oxidation sites excluding steroid dienone is 3. The lowest BCUT2D eigenvalue weighted by atomic mass is 9.91. The zero-order chi connectivity index (χ0) is 38.6.